The molecule has 4 N–H and O–H groups in total. The van der Waals surface area contributed by atoms with Crippen LogP contribution < -0.4 is 18.9 Å². The Balaban J connectivity index is 1.05. The Morgan fingerprint density at radius 1 is 0.310 bits per heavy atom. The first-order chi connectivity index (χ1) is 54.8. The van der Waals surface area contributed by atoms with Crippen molar-refractivity contribution in [2.45, 2.75) is 312 Å². The van der Waals surface area contributed by atoms with E-state index in [-0.39, 0.29) is 68.8 Å². The minimum atomic E-state index is -0.451. The van der Waals surface area contributed by atoms with Crippen molar-refractivity contribution in [1.29, 1.82) is 0 Å². The first-order valence-electron chi connectivity index (χ1n) is 43.5. The molecule has 8 bridgehead atoms. The number of phenolic OH excluding ortho intramolecular Hbond substituents is 4. The average molecular weight is 1570 g/mol. The van der Waals surface area contributed by atoms with Crippen molar-refractivity contribution in [2.24, 2.45) is 20.0 Å². The summed E-state index contributed by atoms with van der Waals surface area (Å²) in [5.41, 5.74) is 19.2. The lowest BCUT2D eigenvalue weighted by molar-refractivity contribution is 0.304. The summed E-state index contributed by atoms with van der Waals surface area (Å²) in [4.78, 5) is 21.4. The van der Waals surface area contributed by atoms with Crippen LogP contribution >= 0.6 is 0 Å². The van der Waals surface area contributed by atoms with Gasteiger partial charge < -0.3 is 39.4 Å². The van der Waals surface area contributed by atoms with Crippen molar-refractivity contribution < 1.29 is 39.4 Å². The Kier molecular flexibility index (Phi) is 27.5. The van der Waals surface area contributed by atoms with Gasteiger partial charge in [-0.25, -0.2) is 0 Å². The van der Waals surface area contributed by atoms with Gasteiger partial charge in [0.05, 0.1) is 50.6 Å². The molecule has 0 amide bonds. The number of ether oxygens (including phenoxy) is 4. The molecule has 116 heavy (non-hydrogen) atoms. The zero-order valence-electron chi connectivity index (χ0n) is 74.4. The van der Waals surface area contributed by atoms with Crippen LogP contribution in [0.25, 0.3) is 22.3 Å². The Hall–Kier alpha value is -9.16. The summed E-state index contributed by atoms with van der Waals surface area (Å²) in [6, 6.07) is 38.7. The van der Waals surface area contributed by atoms with Crippen LogP contribution in [0.1, 0.15) is 330 Å². The lowest BCUT2D eigenvalue weighted by Crippen LogP contribution is -2.27. The number of nitrogens with zero attached hydrogens (tertiary/aromatic N) is 4. The van der Waals surface area contributed by atoms with E-state index in [1.165, 1.54) is 0 Å². The van der Waals surface area contributed by atoms with Crippen molar-refractivity contribution in [3.63, 3.8) is 0 Å². The molecule has 4 atom stereocenters. The summed E-state index contributed by atoms with van der Waals surface area (Å²) in [7, 11) is 0. The van der Waals surface area contributed by atoms with Crippen LogP contribution in [0.3, 0.4) is 0 Å². The summed E-state index contributed by atoms with van der Waals surface area (Å²) < 4.78 is 28.5. The predicted molar refractivity (Wildman–Crippen MR) is 485 cm³/mol. The Bertz CT molecular complexity index is 4530. The Labute approximate surface area is 695 Å². The maximum atomic E-state index is 12.6. The molecule has 8 aromatic carbocycles. The first-order valence-corrected chi connectivity index (χ1v) is 43.5. The first kappa shape index (κ1) is 87.7. The average Bonchev–Trinajstić information content (AvgIpc) is 0.764. The summed E-state index contributed by atoms with van der Waals surface area (Å²) in [5.74, 6) is 4.27. The fourth-order valence-corrected chi connectivity index (χ4v) is 16.8. The van der Waals surface area contributed by atoms with Crippen molar-refractivity contribution in [1.82, 2.24) is 0 Å². The van der Waals surface area contributed by atoms with Crippen molar-refractivity contribution >= 4 is 24.9 Å². The summed E-state index contributed by atoms with van der Waals surface area (Å²) in [6.07, 6.45) is 20.3. The molecule has 620 valence electrons. The number of benzene rings is 8. The van der Waals surface area contributed by atoms with Gasteiger partial charge in [-0.05, 0) is 234 Å². The summed E-state index contributed by atoms with van der Waals surface area (Å²) in [6.45, 7) is 49.9. The highest BCUT2D eigenvalue weighted by atomic mass is 16.5. The highest BCUT2D eigenvalue weighted by molar-refractivity contribution is 5.91. The van der Waals surface area contributed by atoms with Gasteiger partial charge in [0.15, 0.2) is 0 Å². The molecular formula is C104H136N4O8. The molecule has 3 aliphatic carbocycles. The molecule has 4 unspecified atom stereocenters. The zero-order chi connectivity index (χ0) is 84.0. The Morgan fingerprint density at radius 2 is 0.569 bits per heavy atom. The van der Waals surface area contributed by atoms with Crippen LogP contribution in [0.2, 0.25) is 0 Å². The second-order valence-corrected chi connectivity index (χ2v) is 39.4. The number of aromatic hydroxyl groups is 4. The molecule has 0 heterocycles. The molecule has 3 aliphatic rings. The second kappa shape index (κ2) is 36.4. The van der Waals surface area contributed by atoms with Crippen LogP contribution in [0, 0.1) is 0 Å². The van der Waals surface area contributed by atoms with Gasteiger partial charge in [-0.15, -0.1) is 0 Å². The third kappa shape index (κ3) is 20.9. The Morgan fingerprint density at radius 3 is 0.828 bits per heavy atom. The number of hydrogen-bond donors (Lipinski definition) is 4. The molecule has 2 saturated carbocycles. The SMILES string of the molecule is CCCOc1c2cccc1Cc1cc(-c3cc(C=NC4CCCCC4N=Cc4c(O)cc(C(C)(C)C)cc4C(C)(C)C)c(O)c(C(C)(C)C)c3)cc(c1OCCC)Cc1cccc(c1OCCC)Cc1cc(-c3cc(C=NC4CCCCC4N=Cc4c(O)cc(C(C)(C)C)cc4C(C)(C)C)c(O)c(C(C)(C)C)c3)cc(c1OCCC)C2. The third-order valence-electron chi connectivity index (χ3n) is 23.4. The van der Waals surface area contributed by atoms with Crippen LogP contribution in [-0.2, 0) is 58.2 Å². The van der Waals surface area contributed by atoms with E-state index in [2.05, 4.69) is 249 Å². The largest absolute Gasteiger partial charge is 0.507 e. The van der Waals surface area contributed by atoms with Crippen LogP contribution in [0.4, 0.5) is 0 Å². The molecule has 0 saturated heterocycles. The van der Waals surface area contributed by atoms with Crippen LogP contribution in [0.5, 0.6) is 46.0 Å². The number of aliphatic imine (C=N–C) groups is 4. The molecule has 11 rings (SSSR count). The molecule has 0 radical (unpaired) electrons. The van der Waals surface area contributed by atoms with E-state index in [1.54, 1.807) is 0 Å². The zero-order valence-corrected chi connectivity index (χ0v) is 74.4. The minimum Gasteiger partial charge on any atom is -0.507 e. The normalized spacial score (nSPS) is 17.4. The summed E-state index contributed by atoms with van der Waals surface area (Å²) >= 11 is 0. The molecular weight excluding hydrogens is 1430 g/mol. The predicted octanol–water partition coefficient (Wildman–Crippen LogP) is 25.2. The fourth-order valence-electron chi connectivity index (χ4n) is 16.8. The summed E-state index contributed by atoms with van der Waals surface area (Å²) in [5, 5.41) is 48.6. The lowest BCUT2D eigenvalue weighted by atomic mass is 9.78. The van der Waals surface area contributed by atoms with E-state index in [0.29, 0.717) is 63.2 Å². The number of hydrogen-bond acceptors (Lipinski definition) is 12. The van der Waals surface area contributed by atoms with Crippen molar-refractivity contribution in [2.75, 3.05) is 26.4 Å². The number of rotatable bonds is 22. The van der Waals surface area contributed by atoms with Gasteiger partial charge in [-0.2, -0.15) is 0 Å². The van der Waals surface area contributed by atoms with Gasteiger partial charge in [0.1, 0.15) is 46.0 Å². The van der Waals surface area contributed by atoms with E-state index in [4.69, 9.17) is 38.9 Å². The molecule has 12 heteroatoms. The highest BCUT2D eigenvalue weighted by Crippen LogP contribution is 2.47. The smallest absolute Gasteiger partial charge is 0.128 e. The monoisotopic (exact) mass is 1570 g/mol. The highest BCUT2D eigenvalue weighted by Gasteiger charge is 2.33. The van der Waals surface area contributed by atoms with Gasteiger partial charge in [0, 0.05) is 83.9 Å². The minimum absolute atomic E-state index is 0.116. The van der Waals surface area contributed by atoms with E-state index in [9.17, 15) is 20.4 Å². The van der Waals surface area contributed by atoms with Crippen LogP contribution in [0.15, 0.2) is 129 Å². The second-order valence-electron chi connectivity index (χ2n) is 39.4. The van der Waals surface area contributed by atoms with Crippen LogP contribution in [-0.4, -0.2) is 95.9 Å². The van der Waals surface area contributed by atoms with E-state index < -0.39 is 10.8 Å². The molecule has 2 fully saturated rings. The third-order valence-corrected chi connectivity index (χ3v) is 23.4. The molecule has 0 aliphatic heterocycles. The molecule has 12 nitrogen and oxygen atoms in total. The fraction of sp³-hybridized carbons (Fsp3) is 0.500. The molecule has 0 spiro atoms. The van der Waals surface area contributed by atoms with E-state index >= 15 is 0 Å². The van der Waals surface area contributed by atoms with Gasteiger partial charge in [-0.3, -0.25) is 20.0 Å². The maximum Gasteiger partial charge on any atom is 0.128 e. The standard InChI is InChI=1S/C104H136N4O8/c1-23-41-113-95-65-33-31-34-66(95)46-74-50-70(72-54-78(94(112)86(56-72)104(20,21)22)62-106-88-38-28-30-40-90(88)108-64-82-84(102(14,15)16)58-80(60-92(82)110)100(8,9)10)52-76(98(74)116-44-26-4)48-68-36-32-35-67(96(68)114-42-24-2)47-75-51-69(49-73(45-65)97(75)115-43-25-3)71-53-77(93(111)85(55-71)103(17,18)19)61-105-87-37-27-29-39-89(87)107-63-81-83(101(11,12)13)57-79(59-91(81)109)99(5,6)7/h31-36,49-64,87-90,109-112H,23-30,37-48H2,1-22H3. The number of para-hydroxylation sites is 2. The topological polar surface area (TPSA) is 167 Å². The molecule has 0 aromatic heterocycles. The van der Waals surface area contributed by atoms with E-state index in [1.807, 2.05) is 37.0 Å². The maximum absolute atomic E-state index is 12.6. The van der Waals surface area contributed by atoms with Crippen molar-refractivity contribution in [3.8, 4) is 68.2 Å². The van der Waals surface area contributed by atoms with Gasteiger partial charge in [0.25, 0.3) is 0 Å². The van der Waals surface area contributed by atoms with Crippen molar-refractivity contribution in [3.05, 3.63) is 209 Å². The van der Waals surface area contributed by atoms with Gasteiger partial charge in [0.2, 0.25) is 0 Å². The lowest BCUT2D eigenvalue weighted by Gasteiger charge is -2.28. The number of phenols is 4. The quantitative estimate of drug-likeness (QED) is 0.0487. The van der Waals surface area contributed by atoms with Gasteiger partial charge >= 0.3 is 0 Å². The number of fused-ring (bicyclic) bond motifs is 8. The van der Waals surface area contributed by atoms with Gasteiger partial charge in [-0.1, -0.05) is 227 Å². The molecule has 8 aromatic rings. The van der Waals surface area contributed by atoms with E-state index in [0.717, 1.165) is 211 Å².